The summed E-state index contributed by atoms with van der Waals surface area (Å²) in [7, 11) is 0. The number of benzene rings is 1. The van der Waals surface area contributed by atoms with E-state index in [1.807, 2.05) is 25.1 Å². The van der Waals surface area contributed by atoms with Gasteiger partial charge in [-0.15, -0.1) is 0 Å². The van der Waals surface area contributed by atoms with Crippen LogP contribution in [0.1, 0.15) is 11.1 Å². The van der Waals surface area contributed by atoms with Crippen molar-refractivity contribution in [3.8, 4) is 6.07 Å². The van der Waals surface area contributed by atoms with Gasteiger partial charge >= 0.3 is 0 Å². The van der Waals surface area contributed by atoms with Crippen LogP contribution >= 0.6 is 23.2 Å². The highest BCUT2D eigenvalue weighted by atomic mass is 35.5. The average Bonchev–Trinajstić information content (AvgIpc) is 2.20. The van der Waals surface area contributed by atoms with Crippen molar-refractivity contribution < 1.29 is 0 Å². The maximum absolute atomic E-state index is 8.92. The third-order valence-electron chi connectivity index (χ3n) is 2.29. The van der Waals surface area contributed by atoms with Gasteiger partial charge in [0, 0.05) is 5.39 Å². The maximum atomic E-state index is 8.92. The van der Waals surface area contributed by atoms with Gasteiger partial charge in [0.25, 0.3) is 0 Å². The maximum Gasteiger partial charge on any atom is 0.147 e. The van der Waals surface area contributed by atoms with E-state index in [2.05, 4.69) is 4.98 Å². The third kappa shape index (κ3) is 1.54. The standard InChI is InChI=1S/C11H6Cl2N2/c1-6-7-3-2-4-9(12)10(7)15-11(13)8(6)5-14/h2-4H,1H3. The van der Waals surface area contributed by atoms with Crippen molar-refractivity contribution in [2.75, 3.05) is 0 Å². The van der Waals surface area contributed by atoms with Gasteiger partial charge in [0.15, 0.2) is 0 Å². The summed E-state index contributed by atoms with van der Waals surface area (Å²) in [4.78, 5) is 4.12. The summed E-state index contributed by atoms with van der Waals surface area (Å²) in [5, 5.41) is 10.5. The number of pyridine rings is 1. The minimum absolute atomic E-state index is 0.204. The second-order valence-electron chi connectivity index (χ2n) is 3.15. The lowest BCUT2D eigenvalue weighted by molar-refractivity contribution is 1.32. The van der Waals surface area contributed by atoms with E-state index in [1.165, 1.54) is 0 Å². The van der Waals surface area contributed by atoms with Crippen LogP contribution in [0.2, 0.25) is 10.2 Å². The SMILES string of the molecule is Cc1c(C#N)c(Cl)nc2c(Cl)cccc12. The molecule has 0 aliphatic heterocycles. The van der Waals surface area contributed by atoms with Crippen molar-refractivity contribution in [2.45, 2.75) is 6.92 Å². The highest BCUT2D eigenvalue weighted by Gasteiger charge is 2.11. The Bertz CT molecular complexity index is 585. The van der Waals surface area contributed by atoms with Crippen molar-refractivity contribution in [3.63, 3.8) is 0 Å². The highest BCUT2D eigenvalue weighted by molar-refractivity contribution is 6.36. The lowest BCUT2D eigenvalue weighted by Gasteiger charge is -2.06. The van der Waals surface area contributed by atoms with Gasteiger partial charge in [-0.25, -0.2) is 4.98 Å². The van der Waals surface area contributed by atoms with Gasteiger partial charge in [-0.3, -0.25) is 0 Å². The van der Waals surface area contributed by atoms with Crippen LogP contribution in [0.5, 0.6) is 0 Å². The first-order valence-corrected chi connectivity index (χ1v) is 5.05. The van der Waals surface area contributed by atoms with Gasteiger partial charge in [0.1, 0.15) is 11.2 Å². The molecule has 0 amide bonds. The molecule has 0 aliphatic rings. The number of halogens is 2. The monoisotopic (exact) mass is 236 g/mol. The van der Waals surface area contributed by atoms with Crippen molar-refractivity contribution in [2.24, 2.45) is 0 Å². The fourth-order valence-electron chi connectivity index (χ4n) is 1.51. The first kappa shape index (κ1) is 10.2. The Morgan fingerprint density at radius 1 is 1.33 bits per heavy atom. The number of nitrogens with zero attached hydrogens (tertiary/aromatic N) is 2. The third-order valence-corrected chi connectivity index (χ3v) is 2.87. The molecule has 1 heterocycles. The van der Waals surface area contributed by atoms with Crippen LogP contribution in [0.4, 0.5) is 0 Å². The molecule has 2 nitrogen and oxygen atoms in total. The molecule has 15 heavy (non-hydrogen) atoms. The van der Waals surface area contributed by atoms with Gasteiger partial charge in [-0.1, -0.05) is 35.3 Å². The summed E-state index contributed by atoms with van der Waals surface area (Å²) < 4.78 is 0. The van der Waals surface area contributed by atoms with Gasteiger partial charge < -0.3 is 0 Å². The second-order valence-corrected chi connectivity index (χ2v) is 3.92. The average molecular weight is 237 g/mol. The Labute approximate surface area is 97.1 Å². The smallest absolute Gasteiger partial charge is 0.147 e. The molecule has 74 valence electrons. The molecule has 4 heteroatoms. The van der Waals surface area contributed by atoms with E-state index in [-0.39, 0.29) is 5.15 Å². The molecule has 1 aromatic heterocycles. The topological polar surface area (TPSA) is 36.7 Å². The number of hydrogen-bond donors (Lipinski definition) is 0. The van der Waals surface area contributed by atoms with Gasteiger partial charge in [0.2, 0.25) is 0 Å². The fraction of sp³-hybridized carbons (Fsp3) is 0.0909. The Balaban J connectivity index is 2.99. The molecule has 0 fully saturated rings. The van der Waals surface area contributed by atoms with Crippen molar-refractivity contribution >= 4 is 34.1 Å². The molecule has 0 atom stereocenters. The summed E-state index contributed by atoms with van der Waals surface area (Å²) >= 11 is 11.9. The van der Waals surface area contributed by atoms with Crippen LogP contribution in [0, 0.1) is 18.3 Å². The molecule has 0 radical (unpaired) electrons. The van der Waals surface area contributed by atoms with E-state index in [9.17, 15) is 0 Å². The summed E-state index contributed by atoms with van der Waals surface area (Å²) in [6.07, 6.45) is 0. The van der Waals surface area contributed by atoms with Crippen LogP contribution < -0.4 is 0 Å². The number of fused-ring (bicyclic) bond motifs is 1. The minimum Gasteiger partial charge on any atom is -0.233 e. The Morgan fingerprint density at radius 3 is 2.73 bits per heavy atom. The van der Waals surface area contributed by atoms with E-state index >= 15 is 0 Å². The van der Waals surface area contributed by atoms with Crippen LogP contribution in [0.15, 0.2) is 18.2 Å². The Kier molecular flexibility index (Phi) is 2.52. The normalized spacial score (nSPS) is 10.3. The molecule has 0 bridgehead atoms. The number of aromatic nitrogens is 1. The molecule has 2 aromatic rings. The quantitative estimate of drug-likeness (QED) is 0.654. The lowest BCUT2D eigenvalue weighted by Crippen LogP contribution is -1.91. The zero-order valence-corrected chi connectivity index (χ0v) is 9.39. The molecule has 0 unspecified atom stereocenters. The van der Waals surface area contributed by atoms with Crippen LogP contribution in [0.25, 0.3) is 10.9 Å². The molecule has 0 N–H and O–H groups in total. The van der Waals surface area contributed by atoms with E-state index in [0.717, 1.165) is 10.9 Å². The van der Waals surface area contributed by atoms with Gasteiger partial charge in [0.05, 0.1) is 16.1 Å². The number of nitriles is 1. The number of rotatable bonds is 0. The van der Waals surface area contributed by atoms with E-state index in [1.54, 1.807) is 6.07 Å². The first-order chi connectivity index (χ1) is 7.15. The predicted molar refractivity (Wildman–Crippen MR) is 61.2 cm³/mol. The Hall–Kier alpha value is -1.30. The highest BCUT2D eigenvalue weighted by Crippen LogP contribution is 2.29. The number of hydrogen-bond acceptors (Lipinski definition) is 2. The molecule has 1 aromatic carbocycles. The zero-order valence-electron chi connectivity index (χ0n) is 7.88. The minimum atomic E-state index is 0.204. The molecule has 2 rings (SSSR count). The molecule has 0 aliphatic carbocycles. The predicted octanol–water partition coefficient (Wildman–Crippen LogP) is 3.72. The largest absolute Gasteiger partial charge is 0.233 e. The van der Waals surface area contributed by atoms with Crippen LogP contribution in [-0.2, 0) is 0 Å². The van der Waals surface area contributed by atoms with Gasteiger partial charge in [-0.2, -0.15) is 5.26 Å². The summed E-state index contributed by atoms with van der Waals surface area (Å²) in [6, 6.07) is 7.49. The Morgan fingerprint density at radius 2 is 2.07 bits per heavy atom. The zero-order chi connectivity index (χ0) is 11.0. The summed E-state index contributed by atoms with van der Waals surface area (Å²) in [6.45, 7) is 1.84. The van der Waals surface area contributed by atoms with Crippen molar-refractivity contribution in [1.82, 2.24) is 4.98 Å². The van der Waals surface area contributed by atoms with Crippen LogP contribution in [-0.4, -0.2) is 4.98 Å². The molecule has 0 saturated carbocycles. The van der Waals surface area contributed by atoms with Crippen molar-refractivity contribution in [3.05, 3.63) is 39.5 Å². The molecular formula is C11H6Cl2N2. The summed E-state index contributed by atoms with van der Waals surface area (Å²) in [5.74, 6) is 0. The lowest BCUT2D eigenvalue weighted by atomic mass is 10.1. The first-order valence-electron chi connectivity index (χ1n) is 4.29. The number of para-hydroxylation sites is 1. The molecular weight excluding hydrogens is 231 g/mol. The van der Waals surface area contributed by atoms with E-state index in [4.69, 9.17) is 28.5 Å². The van der Waals surface area contributed by atoms with Crippen molar-refractivity contribution in [1.29, 1.82) is 5.26 Å². The fourth-order valence-corrected chi connectivity index (χ4v) is 1.99. The van der Waals surface area contributed by atoms with E-state index < -0.39 is 0 Å². The second kappa shape index (κ2) is 3.69. The molecule has 0 spiro atoms. The van der Waals surface area contributed by atoms with Gasteiger partial charge in [-0.05, 0) is 18.6 Å². The van der Waals surface area contributed by atoms with Crippen LogP contribution in [0.3, 0.4) is 0 Å². The molecule has 0 saturated heterocycles. The summed E-state index contributed by atoms with van der Waals surface area (Å²) in [5.41, 5.74) is 1.86. The van der Waals surface area contributed by atoms with E-state index in [0.29, 0.717) is 16.1 Å². The number of aryl methyl sites for hydroxylation is 1.